The highest BCUT2D eigenvalue weighted by Crippen LogP contribution is 2.26. The van der Waals surface area contributed by atoms with Crippen molar-refractivity contribution in [2.75, 3.05) is 33.7 Å². The van der Waals surface area contributed by atoms with Gasteiger partial charge in [0.1, 0.15) is 0 Å². The van der Waals surface area contributed by atoms with Gasteiger partial charge in [-0.1, -0.05) is 0 Å². The summed E-state index contributed by atoms with van der Waals surface area (Å²) in [7, 11) is 3.61. The van der Waals surface area contributed by atoms with E-state index in [4.69, 9.17) is 5.73 Å². The lowest BCUT2D eigenvalue weighted by molar-refractivity contribution is -0.128. The molecule has 0 unspecified atom stereocenters. The second kappa shape index (κ2) is 6.08. The molecule has 0 heterocycles. The average molecular weight is 213 g/mol. The summed E-state index contributed by atoms with van der Waals surface area (Å²) in [6.45, 7) is 2.71. The molecule has 15 heavy (non-hydrogen) atoms. The Hall–Kier alpha value is -0.610. The molecule has 0 aliphatic heterocycles. The molecule has 0 aromatic rings. The standard InChI is InChI=1S/C11H23N3O/c1-13(2)11(15)4-3-8-14(9-7-12)10-5-6-10/h10H,3-9,12H2,1-2H3. The maximum absolute atomic E-state index is 11.4. The van der Waals surface area contributed by atoms with Gasteiger partial charge in [0.05, 0.1) is 0 Å². The molecule has 1 aliphatic rings. The number of carbonyl (C=O) groups is 1. The first-order chi connectivity index (χ1) is 7.15. The lowest BCUT2D eigenvalue weighted by Crippen LogP contribution is -2.33. The molecule has 0 aromatic heterocycles. The Morgan fingerprint density at radius 1 is 1.33 bits per heavy atom. The first-order valence-electron chi connectivity index (χ1n) is 5.79. The summed E-state index contributed by atoms with van der Waals surface area (Å²) in [4.78, 5) is 15.4. The average Bonchev–Trinajstić information content (AvgIpc) is 2.99. The van der Waals surface area contributed by atoms with Crippen LogP contribution in [0.5, 0.6) is 0 Å². The molecule has 1 saturated carbocycles. The van der Waals surface area contributed by atoms with Gasteiger partial charge >= 0.3 is 0 Å². The summed E-state index contributed by atoms with van der Waals surface area (Å²) in [6, 6.07) is 0.753. The largest absolute Gasteiger partial charge is 0.349 e. The molecule has 1 aliphatic carbocycles. The Labute approximate surface area is 92.4 Å². The minimum absolute atomic E-state index is 0.221. The number of amides is 1. The highest BCUT2D eigenvalue weighted by Gasteiger charge is 2.27. The van der Waals surface area contributed by atoms with Crippen LogP contribution in [0.1, 0.15) is 25.7 Å². The van der Waals surface area contributed by atoms with Gasteiger partial charge in [-0.2, -0.15) is 0 Å². The quantitative estimate of drug-likeness (QED) is 0.661. The molecule has 1 rings (SSSR count). The third kappa shape index (κ3) is 4.62. The fraction of sp³-hybridized carbons (Fsp3) is 0.909. The van der Waals surface area contributed by atoms with Crippen LogP contribution < -0.4 is 5.73 Å². The zero-order valence-electron chi connectivity index (χ0n) is 9.91. The third-order valence-corrected chi connectivity index (χ3v) is 2.81. The van der Waals surface area contributed by atoms with Crippen LogP contribution in [0.2, 0.25) is 0 Å². The zero-order chi connectivity index (χ0) is 11.3. The Morgan fingerprint density at radius 3 is 2.47 bits per heavy atom. The Kier molecular flexibility index (Phi) is 5.05. The van der Waals surface area contributed by atoms with Crippen molar-refractivity contribution in [3.8, 4) is 0 Å². The molecular formula is C11H23N3O. The predicted molar refractivity (Wildman–Crippen MR) is 61.6 cm³/mol. The van der Waals surface area contributed by atoms with Crippen molar-refractivity contribution < 1.29 is 4.79 Å². The van der Waals surface area contributed by atoms with E-state index < -0.39 is 0 Å². The third-order valence-electron chi connectivity index (χ3n) is 2.81. The molecule has 4 heteroatoms. The number of hydrogen-bond donors (Lipinski definition) is 1. The minimum Gasteiger partial charge on any atom is -0.349 e. The summed E-state index contributed by atoms with van der Waals surface area (Å²) in [5, 5.41) is 0. The van der Waals surface area contributed by atoms with Crippen molar-refractivity contribution in [3.63, 3.8) is 0 Å². The molecule has 0 aromatic carbocycles. The van der Waals surface area contributed by atoms with Crippen LogP contribution in [0.25, 0.3) is 0 Å². The van der Waals surface area contributed by atoms with Crippen molar-refractivity contribution in [2.45, 2.75) is 31.7 Å². The fourth-order valence-corrected chi connectivity index (χ4v) is 1.74. The SMILES string of the molecule is CN(C)C(=O)CCCN(CCN)C1CC1. The Morgan fingerprint density at radius 2 is 2.00 bits per heavy atom. The van der Waals surface area contributed by atoms with Crippen molar-refractivity contribution in [3.05, 3.63) is 0 Å². The molecule has 0 radical (unpaired) electrons. The summed E-state index contributed by atoms with van der Waals surface area (Å²) < 4.78 is 0. The van der Waals surface area contributed by atoms with Gasteiger partial charge in [0.2, 0.25) is 5.91 Å². The predicted octanol–water partition coefficient (Wildman–Crippen LogP) is 0.278. The molecular weight excluding hydrogens is 190 g/mol. The molecule has 4 nitrogen and oxygen atoms in total. The van der Waals surface area contributed by atoms with Crippen molar-refractivity contribution in [2.24, 2.45) is 5.73 Å². The Balaban J connectivity index is 2.13. The highest BCUT2D eigenvalue weighted by atomic mass is 16.2. The van der Waals surface area contributed by atoms with E-state index in [-0.39, 0.29) is 5.91 Å². The second-order valence-electron chi connectivity index (χ2n) is 4.45. The normalized spacial score (nSPS) is 15.7. The van der Waals surface area contributed by atoms with Crippen molar-refractivity contribution in [1.29, 1.82) is 0 Å². The van der Waals surface area contributed by atoms with Gasteiger partial charge in [-0.3, -0.25) is 9.69 Å². The van der Waals surface area contributed by atoms with Crippen LogP contribution in [-0.4, -0.2) is 55.5 Å². The van der Waals surface area contributed by atoms with Crippen LogP contribution >= 0.6 is 0 Å². The van der Waals surface area contributed by atoms with Gasteiger partial charge in [-0.15, -0.1) is 0 Å². The first kappa shape index (κ1) is 12.5. The lowest BCUT2D eigenvalue weighted by atomic mass is 10.2. The van der Waals surface area contributed by atoms with E-state index in [1.807, 2.05) is 0 Å². The second-order valence-corrected chi connectivity index (χ2v) is 4.45. The highest BCUT2D eigenvalue weighted by molar-refractivity contribution is 5.75. The molecule has 0 bridgehead atoms. The number of hydrogen-bond acceptors (Lipinski definition) is 3. The smallest absolute Gasteiger partial charge is 0.222 e. The van der Waals surface area contributed by atoms with E-state index in [1.54, 1.807) is 19.0 Å². The molecule has 1 amide bonds. The van der Waals surface area contributed by atoms with E-state index >= 15 is 0 Å². The van der Waals surface area contributed by atoms with Gasteiger partial charge in [-0.05, 0) is 25.8 Å². The molecule has 2 N–H and O–H groups in total. The summed E-state index contributed by atoms with van der Waals surface area (Å²) >= 11 is 0. The van der Waals surface area contributed by atoms with Gasteiger partial charge in [-0.25, -0.2) is 0 Å². The van der Waals surface area contributed by atoms with E-state index in [9.17, 15) is 4.79 Å². The molecule has 0 atom stereocenters. The van der Waals surface area contributed by atoms with Crippen molar-refractivity contribution >= 4 is 5.91 Å². The van der Waals surface area contributed by atoms with E-state index in [0.717, 1.165) is 32.1 Å². The summed E-state index contributed by atoms with van der Waals surface area (Å²) in [5.41, 5.74) is 5.56. The Bertz CT molecular complexity index is 202. The topological polar surface area (TPSA) is 49.6 Å². The molecule has 1 fully saturated rings. The number of carbonyl (C=O) groups excluding carboxylic acids is 1. The maximum atomic E-state index is 11.4. The summed E-state index contributed by atoms with van der Waals surface area (Å²) in [6.07, 6.45) is 4.22. The van der Waals surface area contributed by atoms with Crippen LogP contribution in [0.3, 0.4) is 0 Å². The van der Waals surface area contributed by atoms with E-state index in [2.05, 4.69) is 4.90 Å². The number of rotatable bonds is 7. The monoisotopic (exact) mass is 213 g/mol. The fourth-order valence-electron chi connectivity index (χ4n) is 1.74. The van der Waals surface area contributed by atoms with E-state index in [0.29, 0.717) is 6.42 Å². The summed E-state index contributed by atoms with van der Waals surface area (Å²) in [5.74, 6) is 0.221. The molecule has 88 valence electrons. The van der Waals surface area contributed by atoms with Gasteiger partial charge in [0.15, 0.2) is 0 Å². The van der Waals surface area contributed by atoms with Crippen LogP contribution in [0, 0.1) is 0 Å². The number of nitrogens with two attached hydrogens (primary N) is 1. The minimum atomic E-state index is 0.221. The molecule has 0 spiro atoms. The van der Waals surface area contributed by atoms with Crippen molar-refractivity contribution in [1.82, 2.24) is 9.80 Å². The number of nitrogens with zero attached hydrogens (tertiary/aromatic N) is 2. The zero-order valence-corrected chi connectivity index (χ0v) is 9.91. The molecule has 0 saturated heterocycles. The van der Waals surface area contributed by atoms with E-state index in [1.165, 1.54) is 12.8 Å². The maximum Gasteiger partial charge on any atom is 0.222 e. The van der Waals surface area contributed by atoms with Gasteiger partial charge in [0, 0.05) is 39.6 Å². The van der Waals surface area contributed by atoms with Gasteiger partial charge in [0.25, 0.3) is 0 Å². The van der Waals surface area contributed by atoms with Crippen LogP contribution in [0.15, 0.2) is 0 Å². The lowest BCUT2D eigenvalue weighted by Gasteiger charge is -2.21. The van der Waals surface area contributed by atoms with Gasteiger partial charge < -0.3 is 10.6 Å². The van der Waals surface area contributed by atoms with Crippen LogP contribution in [0.4, 0.5) is 0 Å². The van der Waals surface area contributed by atoms with Crippen LogP contribution in [-0.2, 0) is 4.79 Å². The first-order valence-corrected chi connectivity index (χ1v) is 5.79.